The number of rotatable bonds is 9. The molecule has 0 bridgehead atoms. The van der Waals surface area contributed by atoms with Gasteiger partial charge in [0.15, 0.2) is 0 Å². The average molecular weight is 232 g/mol. The molecule has 0 rings (SSSR count). The van der Waals surface area contributed by atoms with Crippen LogP contribution in [0.3, 0.4) is 0 Å². The summed E-state index contributed by atoms with van der Waals surface area (Å²) in [6.45, 7) is 7.52. The molecule has 0 N–H and O–H groups in total. The van der Waals surface area contributed by atoms with E-state index in [1.54, 1.807) is 6.92 Å². The van der Waals surface area contributed by atoms with Crippen molar-refractivity contribution >= 4 is 6.16 Å². The SMILES string of the molecule is CCCCOCC(C)OC(=O)OCCCC. The fraction of sp³-hybridized carbons (Fsp3) is 0.917. The van der Waals surface area contributed by atoms with Crippen molar-refractivity contribution in [2.75, 3.05) is 19.8 Å². The van der Waals surface area contributed by atoms with Crippen LogP contribution in [-0.4, -0.2) is 32.1 Å². The van der Waals surface area contributed by atoms with Gasteiger partial charge in [0.25, 0.3) is 0 Å². The maximum absolute atomic E-state index is 11.1. The summed E-state index contributed by atoms with van der Waals surface area (Å²) in [5, 5.41) is 0. The highest BCUT2D eigenvalue weighted by Crippen LogP contribution is 1.98. The number of carbonyl (C=O) groups excluding carboxylic acids is 1. The molecule has 4 nitrogen and oxygen atoms in total. The van der Waals surface area contributed by atoms with Gasteiger partial charge in [0.2, 0.25) is 0 Å². The maximum atomic E-state index is 11.1. The highest BCUT2D eigenvalue weighted by atomic mass is 16.7. The van der Waals surface area contributed by atoms with E-state index in [-0.39, 0.29) is 6.10 Å². The van der Waals surface area contributed by atoms with E-state index in [2.05, 4.69) is 6.92 Å². The standard InChI is InChI=1S/C12H24O4/c1-4-6-8-14-10-11(3)16-12(13)15-9-7-5-2/h11H,4-10H2,1-3H3. The molecule has 4 heteroatoms. The summed E-state index contributed by atoms with van der Waals surface area (Å²) >= 11 is 0. The zero-order chi connectivity index (χ0) is 12.2. The zero-order valence-corrected chi connectivity index (χ0v) is 10.7. The Morgan fingerprint density at radius 3 is 2.38 bits per heavy atom. The van der Waals surface area contributed by atoms with Crippen molar-refractivity contribution in [1.82, 2.24) is 0 Å². The van der Waals surface area contributed by atoms with Crippen LogP contribution in [0.5, 0.6) is 0 Å². The number of hydrogen-bond acceptors (Lipinski definition) is 4. The smallest absolute Gasteiger partial charge is 0.434 e. The lowest BCUT2D eigenvalue weighted by molar-refractivity contribution is -0.00980. The van der Waals surface area contributed by atoms with Gasteiger partial charge < -0.3 is 14.2 Å². The van der Waals surface area contributed by atoms with E-state index in [4.69, 9.17) is 14.2 Å². The molecule has 1 atom stereocenters. The van der Waals surface area contributed by atoms with Crippen LogP contribution in [-0.2, 0) is 14.2 Å². The number of hydrogen-bond donors (Lipinski definition) is 0. The first kappa shape index (κ1) is 15.2. The highest BCUT2D eigenvalue weighted by molar-refractivity contribution is 5.60. The van der Waals surface area contributed by atoms with Crippen LogP contribution < -0.4 is 0 Å². The Hall–Kier alpha value is -0.770. The lowest BCUT2D eigenvalue weighted by atomic mass is 10.3. The maximum Gasteiger partial charge on any atom is 0.508 e. The van der Waals surface area contributed by atoms with Gasteiger partial charge in [-0.1, -0.05) is 26.7 Å². The molecular formula is C12H24O4. The molecule has 0 aromatic heterocycles. The lowest BCUT2D eigenvalue weighted by Gasteiger charge is -2.13. The van der Waals surface area contributed by atoms with Gasteiger partial charge in [0.05, 0.1) is 13.2 Å². The molecule has 0 spiro atoms. The van der Waals surface area contributed by atoms with E-state index in [1.165, 1.54) is 0 Å². The van der Waals surface area contributed by atoms with Crippen LogP contribution in [0.25, 0.3) is 0 Å². The average Bonchev–Trinajstić information content (AvgIpc) is 2.25. The normalized spacial score (nSPS) is 12.2. The van der Waals surface area contributed by atoms with Crippen LogP contribution >= 0.6 is 0 Å². The minimum atomic E-state index is -0.597. The van der Waals surface area contributed by atoms with E-state index in [1.807, 2.05) is 6.92 Å². The van der Waals surface area contributed by atoms with Crippen molar-refractivity contribution in [2.24, 2.45) is 0 Å². The molecule has 0 saturated carbocycles. The third-order valence-corrected chi connectivity index (χ3v) is 2.01. The van der Waals surface area contributed by atoms with Gasteiger partial charge in [-0.15, -0.1) is 0 Å². The summed E-state index contributed by atoms with van der Waals surface area (Å²) in [7, 11) is 0. The van der Waals surface area contributed by atoms with Crippen LogP contribution in [0.15, 0.2) is 0 Å². The van der Waals surface area contributed by atoms with Crippen LogP contribution in [0.2, 0.25) is 0 Å². The van der Waals surface area contributed by atoms with Gasteiger partial charge in [0.1, 0.15) is 6.10 Å². The fourth-order valence-corrected chi connectivity index (χ4v) is 1.03. The van der Waals surface area contributed by atoms with E-state index < -0.39 is 6.16 Å². The fourth-order valence-electron chi connectivity index (χ4n) is 1.03. The lowest BCUT2D eigenvalue weighted by Crippen LogP contribution is -2.21. The minimum Gasteiger partial charge on any atom is -0.434 e. The number of ether oxygens (including phenoxy) is 3. The Balaban J connectivity index is 3.39. The molecule has 1 unspecified atom stereocenters. The van der Waals surface area contributed by atoms with E-state index >= 15 is 0 Å². The molecule has 96 valence electrons. The summed E-state index contributed by atoms with van der Waals surface area (Å²) in [5.41, 5.74) is 0. The molecule has 16 heavy (non-hydrogen) atoms. The van der Waals surface area contributed by atoms with Gasteiger partial charge in [-0.2, -0.15) is 0 Å². The molecule has 0 heterocycles. The number of carbonyl (C=O) groups is 1. The first-order valence-electron chi connectivity index (χ1n) is 6.11. The third-order valence-electron chi connectivity index (χ3n) is 2.01. The van der Waals surface area contributed by atoms with Gasteiger partial charge in [0, 0.05) is 6.61 Å². The predicted octanol–water partition coefficient (Wildman–Crippen LogP) is 3.14. The second-order valence-corrected chi connectivity index (χ2v) is 3.81. The highest BCUT2D eigenvalue weighted by Gasteiger charge is 2.10. The van der Waals surface area contributed by atoms with Crippen molar-refractivity contribution in [2.45, 2.75) is 52.6 Å². The summed E-state index contributed by atoms with van der Waals surface area (Å²) in [5.74, 6) is 0. The zero-order valence-electron chi connectivity index (χ0n) is 10.7. The predicted molar refractivity (Wildman–Crippen MR) is 62.5 cm³/mol. The molecular weight excluding hydrogens is 208 g/mol. The molecule has 0 radical (unpaired) electrons. The minimum absolute atomic E-state index is 0.244. The monoisotopic (exact) mass is 232 g/mol. The van der Waals surface area contributed by atoms with Crippen LogP contribution in [0.4, 0.5) is 4.79 Å². The molecule has 0 aromatic carbocycles. The molecule has 0 aliphatic rings. The molecule has 0 saturated heterocycles. The summed E-state index contributed by atoms with van der Waals surface area (Å²) in [6.07, 6.45) is 3.17. The number of unbranched alkanes of at least 4 members (excludes halogenated alkanes) is 2. The Morgan fingerprint density at radius 2 is 1.75 bits per heavy atom. The van der Waals surface area contributed by atoms with Crippen molar-refractivity contribution < 1.29 is 19.0 Å². The Bertz CT molecular complexity index is 170. The summed E-state index contributed by atoms with van der Waals surface area (Å²) < 4.78 is 15.2. The van der Waals surface area contributed by atoms with Crippen molar-refractivity contribution in [1.29, 1.82) is 0 Å². The van der Waals surface area contributed by atoms with Crippen molar-refractivity contribution in [3.05, 3.63) is 0 Å². The Morgan fingerprint density at radius 1 is 1.12 bits per heavy atom. The van der Waals surface area contributed by atoms with E-state index in [9.17, 15) is 4.79 Å². The molecule has 0 fully saturated rings. The van der Waals surface area contributed by atoms with Gasteiger partial charge in [-0.3, -0.25) is 0 Å². The third kappa shape index (κ3) is 9.77. The van der Waals surface area contributed by atoms with Crippen molar-refractivity contribution in [3.8, 4) is 0 Å². The van der Waals surface area contributed by atoms with E-state index in [0.717, 1.165) is 32.3 Å². The van der Waals surface area contributed by atoms with Crippen molar-refractivity contribution in [3.63, 3.8) is 0 Å². The van der Waals surface area contributed by atoms with Gasteiger partial charge in [-0.05, 0) is 19.8 Å². The van der Waals surface area contributed by atoms with E-state index in [0.29, 0.717) is 13.2 Å². The summed E-state index contributed by atoms with van der Waals surface area (Å²) in [4.78, 5) is 11.1. The Labute approximate surface area is 98.3 Å². The van der Waals surface area contributed by atoms with Gasteiger partial charge >= 0.3 is 6.16 Å². The first-order valence-corrected chi connectivity index (χ1v) is 6.11. The first-order chi connectivity index (χ1) is 7.70. The van der Waals surface area contributed by atoms with Crippen LogP contribution in [0.1, 0.15) is 46.5 Å². The topological polar surface area (TPSA) is 44.8 Å². The summed E-state index contributed by atoms with van der Waals surface area (Å²) in [6, 6.07) is 0. The largest absolute Gasteiger partial charge is 0.508 e. The Kier molecular flexibility index (Phi) is 10.2. The van der Waals surface area contributed by atoms with Crippen LogP contribution in [0, 0.1) is 0 Å². The van der Waals surface area contributed by atoms with Gasteiger partial charge in [-0.25, -0.2) is 4.79 Å². The molecule has 0 amide bonds. The molecule has 0 aromatic rings. The second kappa shape index (κ2) is 10.7. The molecule has 0 aliphatic carbocycles. The second-order valence-electron chi connectivity index (χ2n) is 3.81. The quantitative estimate of drug-likeness (QED) is 0.452. The molecule has 0 aliphatic heterocycles.